The van der Waals surface area contributed by atoms with Gasteiger partial charge in [-0.05, 0) is 36.4 Å². The van der Waals surface area contributed by atoms with Gasteiger partial charge in [-0.15, -0.1) is 11.3 Å². The van der Waals surface area contributed by atoms with Gasteiger partial charge in [0.25, 0.3) is 5.91 Å². The minimum Gasteiger partial charge on any atom is -0.490 e. The Hall–Kier alpha value is -2.66. The van der Waals surface area contributed by atoms with Crippen molar-refractivity contribution in [1.29, 1.82) is 0 Å². The maximum atomic E-state index is 12.1. The summed E-state index contributed by atoms with van der Waals surface area (Å²) in [7, 11) is 0. The van der Waals surface area contributed by atoms with Crippen molar-refractivity contribution in [3.05, 3.63) is 71.8 Å². The van der Waals surface area contributed by atoms with Crippen molar-refractivity contribution in [3.63, 3.8) is 0 Å². The third-order valence-corrected chi connectivity index (χ3v) is 4.02. The van der Waals surface area contributed by atoms with Crippen molar-refractivity contribution in [2.75, 3.05) is 13.2 Å². The summed E-state index contributed by atoms with van der Waals surface area (Å²) in [5.41, 5.74) is 3.35. The van der Waals surface area contributed by atoms with E-state index in [1.54, 1.807) is 11.6 Å². The maximum absolute atomic E-state index is 12.1. The predicted molar refractivity (Wildman–Crippen MR) is 93.0 cm³/mol. The quantitative estimate of drug-likeness (QED) is 0.704. The van der Waals surface area contributed by atoms with E-state index in [0.29, 0.717) is 18.7 Å². The number of nitrogens with zero attached hydrogens (tertiary/aromatic N) is 1. The van der Waals surface area contributed by atoms with E-state index in [1.807, 2.05) is 54.6 Å². The molecule has 23 heavy (non-hydrogen) atoms. The molecule has 1 aromatic heterocycles. The van der Waals surface area contributed by atoms with Gasteiger partial charge in [0.2, 0.25) is 0 Å². The maximum Gasteiger partial charge on any atom is 0.251 e. The van der Waals surface area contributed by atoms with E-state index >= 15 is 0 Å². The molecule has 0 atom stereocenters. The number of rotatable bonds is 6. The molecule has 116 valence electrons. The average Bonchev–Trinajstić information content (AvgIpc) is 3.06. The molecule has 0 saturated heterocycles. The Bertz CT molecular complexity index is 812. The molecule has 2 aromatic carbocycles. The zero-order valence-electron chi connectivity index (χ0n) is 12.4. The Balaban J connectivity index is 1.44. The first-order valence-corrected chi connectivity index (χ1v) is 8.15. The molecule has 0 spiro atoms. The first-order valence-electron chi connectivity index (χ1n) is 7.27. The summed E-state index contributed by atoms with van der Waals surface area (Å²) in [5.74, 6) is 0.743. The summed E-state index contributed by atoms with van der Waals surface area (Å²) in [6.45, 7) is 0.949. The molecule has 0 aliphatic carbocycles. The third-order valence-electron chi connectivity index (χ3n) is 3.23. The molecule has 0 fully saturated rings. The minimum atomic E-state index is -0.0890. The van der Waals surface area contributed by atoms with Crippen LogP contribution in [0.2, 0.25) is 0 Å². The largest absolute Gasteiger partial charge is 0.490 e. The van der Waals surface area contributed by atoms with Crippen molar-refractivity contribution in [2.45, 2.75) is 0 Å². The molecule has 5 heteroatoms. The molecule has 0 saturated carbocycles. The van der Waals surface area contributed by atoms with Crippen LogP contribution in [0.1, 0.15) is 10.4 Å². The van der Waals surface area contributed by atoms with Gasteiger partial charge in [0, 0.05) is 12.1 Å². The molecule has 4 nitrogen and oxygen atoms in total. The zero-order valence-corrected chi connectivity index (χ0v) is 13.3. The molecular formula is C18H16N2O2S. The van der Waals surface area contributed by atoms with Gasteiger partial charge < -0.3 is 10.1 Å². The molecule has 1 heterocycles. The van der Waals surface area contributed by atoms with Gasteiger partial charge in [-0.25, -0.2) is 4.98 Å². The summed E-state index contributed by atoms with van der Waals surface area (Å²) in [5, 5.41) is 2.86. The molecule has 0 radical (unpaired) electrons. The molecule has 3 rings (SSSR count). The first kappa shape index (κ1) is 15.2. The molecule has 0 bridgehead atoms. The fraction of sp³-hybridized carbons (Fsp3) is 0.111. The number of fused-ring (bicyclic) bond motifs is 1. The van der Waals surface area contributed by atoms with Crippen LogP contribution in [-0.2, 0) is 0 Å². The Labute approximate surface area is 138 Å². The highest BCUT2D eigenvalue weighted by atomic mass is 32.1. The standard InChI is InChI=1S/C18H16N2O2S/c21-18(14-8-9-16-17(12-14)23-13-20-16)19-10-4-5-11-22-15-6-2-1-3-7-15/h1-9,12-13H,10-11H2,(H,19,21)/b5-4+. The Morgan fingerprint density at radius 3 is 2.91 bits per heavy atom. The number of amides is 1. The van der Waals surface area contributed by atoms with Crippen LogP contribution in [0.25, 0.3) is 10.2 Å². The Morgan fingerprint density at radius 2 is 2.04 bits per heavy atom. The second-order valence-corrected chi connectivity index (χ2v) is 5.73. The average molecular weight is 324 g/mol. The molecule has 1 N–H and O–H groups in total. The lowest BCUT2D eigenvalue weighted by atomic mass is 10.2. The van der Waals surface area contributed by atoms with E-state index in [0.717, 1.165) is 16.0 Å². The van der Waals surface area contributed by atoms with Crippen LogP contribution in [0.3, 0.4) is 0 Å². The zero-order chi connectivity index (χ0) is 15.9. The van der Waals surface area contributed by atoms with Gasteiger partial charge in [-0.2, -0.15) is 0 Å². The lowest BCUT2D eigenvalue weighted by molar-refractivity contribution is 0.0958. The normalized spacial score (nSPS) is 11.0. The first-order chi connectivity index (χ1) is 11.3. The fourth-order valence-corrected chi connectivity index (χ4v) is 2.78. The highest BCUT2D eigenvalue weighted by Gasteiger charge is 2.06. The number of benzene rings is 2. The van der Waals surface area contributed by atoms with E-state index < -0.39 is 0 Å². The lowest BCUT2D eigenvalue weighted by Crippen LogP contribution is -2.23. The van der Waals surface area contributed by atoms with Crippen molar-refractivity contribution < 1.29 is 9.53 Å². The number of nitrogens with one attached hydrogen (secondary N) is 1. The van der Waals surface area contributed by atoms with Gasteiger partial charge in [0.05, 0.1) is 15.7 Å². The topological polar surface area (TPSA) is 51.2 Å². The van der Waals surface area contributed by atoms with Gasteiger partial charge in [-0.3, -0.25) is 4.79 Å². The summed E-state index contributed by atoms with van der Waals surface area (Å²) >= 11 is 1.53. The summed E-state index contributed by atoms with van der Waals surface area (Å²) in [6, 6.07) is 15.1. The monoisotopic (exact) mass is 324 g/mol. The van der Waals surface area contributed by atoms with Gasteiger partial charge >= 0.3 is 0 Å². The second kappa shape index (κ2) is 7.56. The van der Waals surface area contributed by atoms with E-state index in [-0.39, 0.29) is 5.91 Å². The van der Waals surface area contributed by atoms with Crippen LogP contribution < -0.4 is 10.1 Å². The SMILES string of the molecule is O=C(NC/C=C/COc1ccccc1)c1ccc2ncsc2c1. The van der Waals surface area contributed by atoms with Crippen LogP contribution in [-0.4, -0.2) is 24.0 Å². The van der Waals surface area contributed by atoms with Crippen molar-refractivity contribution in [2.24, 2.45) is 0 Å². The lowest BCUT2D eigenvalue weighted by Gasteiger charge is -2.03. The number of carbonyl (C=O) groups excluding carboxylic acids is 1. The number of aromatic nitrogens is 1. The molecule has 1 amide bonds. The number of thiazole rings is 1. The van der Waals surface area contributed by atoms with Crippen molar-refractivity contribution in [3.8, 4) is 5.75 Å². The number of carbonyl (C=O) groups is 1. The molecule has 0 aliphatic heterocycles. The van der Waals surface area contributed by atoms with Crippen LogP contribution in [0.5, 0.6) is 5.75 Å². The number of hydrogen-bond acceptors (Lipinski definition) is 4. The van der Waals surface area contributed by atoms with Crippen LogP contribution in [0, 0.1) is 0 Å². The predicted octanol–water partition coefficient (Wildman–Crippen LogP) is 3.66. The Morgan fingerprint density at radius 1 is 1.17 bits per heavy atom. The number of hydrogen-bond donors (Lipinski definition) is 1. The van der Waals surface area contributed by atoms with E-state index in [2.05, 4.69) is 10.3 Å². The van der Waals surface area contributed by atoms with E-state index in [1.165, 1.54) is 11.3 Å². The smallest absolute Gasteiger partial charge is 0.251 e. The van der Waals surface area contributed by atoms with Crippen LogP contribution >= 0.6 is 11.3 Å². The Kier molecular flexibility index (Phi) is 5.01. The molecule has 0 aliphatic rings. The molecule has 3 aromatic rings. The summed E-state index contributed by atoms with van der Waals surface area (Å²) in [6.07, 6.45) is 3.77. The van der Waals surface area contributed by atoms with Crippen molar-refractivity contribution >= 4 is 27.5 Å². The van der Waals surface area contributed by atoms with Gasteiger partial charge in [0.15, 0.2) is 0 Å². The molecule has 0 unspecified atom stereocenters. The van der Waals surface area contributed by atoms with Gasteiger partial charge in [-0.1, -0.05) is 24.3 Å². The summed E-state index contributed by atoms with van der Waals surface area (Å²) < 4.78 is 6.55. The van der Waals surface area contributed by atoms with Gasteiger partial charge in [0.1, 0.15) is 12.4 Å². The number of para-hydroxylation sites is 1. The summed E-state index contributed by atoms with van der Waals surface area (Å²) in [4.78, 5) is 16.3. The van der Waals surface area contributed by atoms with Crippen LogP contribution in [0.15, 0.2) is 66.2 Å². The third kappa shape index (κ3) is 4.17. The highest BCUT2D eigenvalue weighted by Crippen LogP contribution is 2.18. The highest BCUT2D eigenvalue weighted by molar-refractivity contribution is 7.16. The number of ether oxygens (including phenoxy) is 1. The molecular weight excluding hydrogens is 308 g/mol. The van der Waals surface area contributed by atoms with Crippen LogP contribution in [0.4, 0.5) is 0 Å². The van der Waals surface area contributed by atoms with E-state index in [9.17, 15) is 4.79 Å². The van der Waals surface area contributed by atoms with Crippen molar-refractivity contribution in [1.82, 2.24) is 10.3 Å². The minimum absolute atomic E-state index is 0.0890. The second-order valence-electron chi connectivity index (χ2n) is 4.84. The fourth-order valence-electron chi connectivity index (χ4n) is 2.06. The van der Waals surface area contributed by atoms with E-state index in [4.69, 9.17) is 4.74 Å².